The van der Waals surface area contributed by atoms with Crippen LogP contribution in [0.3, 0.4) is 0 Å². The molecule has 0 spiro atoms. The summed E-state index contributed by atoms with van der Waals surface area (Å²) < 4.78 is 55.0. The van der Waals surface area contributed by atoms with Crippen LogP contribution >= 0.6 is 0 Å². The number of Topliss-reactive ketones (excluding diaryl/α,β-unsaturated/α-hetero) is 1. The quantitative estimate of drug-likeness (QED) is 0.193. The number of ether oxygens (including phenoxy) is 2. The zero-order chi connectivity index (χ0) is 29.1. The molecule has 0 aliphatic carbocycles. The number of fused-ring (bicyclic) bond motifs is 1. The number of nitrogens with zero attached hydrogens (tertiary/aromatic N) is 3. The molecular weight excluding hydrogens is 535 g/mol. The molecule has 0 fully saturated rings. The molecule has 10 heteroatoms. The highest BCUT2D eigenvalue weighted by molar-refractivity contribution is 5.98. The molecule has 2 aromatic carbocycles. The summed E-state index contributed by atoms with van der Waals surface area (Å²) in [6, 6.07) is 12.3. The maximum atomic E-state index is 15.1. The summed E-state index contributed by atoms with van der Waals surface area (Å²) in [7, 11) is 1.51. The van der Waals surface area contributed by atoms with Crippen molar-refractivity contribution >= 4 is 16.8 Å². The van der Waals surface area contributed by atoms with E-state index in [-0.39, 0.29) is 34.7 Å². The van der Waals surface area contributed by atoms with Gasteiger partial charge in [0.1, 0.15) is 23.8 Å². The lowest BCUT2D eigenvalue weighted by molar-refractivity contribution is 0.0991. The summed E-state index contributed by atoms with van der Waals surface area (Å²) >= 11 is 0. The van der Waals surface area contributed by atoms with Crippen molar-refractivity contribution in [2.45, 2.75) is 26.6 Å². The Hall–Kier alpha value is -4.99. The second kappa shape index (κ2) is 11.6. The topological polar surface area (TPSA) is 83.3 Å². The van der Waals surface area contributed by atoms with Crippen LogP contribution < -0.4 is 14.9 Å². The number of rotatable bonds is 9. The number of pyridine rings is 3. The van der Waals surface area contributed by atoms with Crippen LogP contribution in [0.5, 0.6) is 17.2 Å². The molecule has 0 unspecified atom stereocenters. The van der Waals surface area contributed by atoms with Crippen LogP contribution in [0.1, 0.15) is 28.5 Å². The van der Waals surface area contributed by atoms with Crippen molar-refractivity contribution < 1.29 is 27.4 Å². The monoisotopic (exact) mass is 559 g/mol. The molecule has 0 amide bonds. The van der Waals surface area contributed by atoms with E-state index in [0.717, 1.165) is 18.2 Å². The van der Waals surface area contributed by atoms with Crippen LogP contribution in [0.4, 0.5) is 13.2 Å². The average molecular weight is 560 g/mol. The van der Waals surface area contributed by atoms with E-state index in [0.29, 0.717) is 34.5 Å². The normalized spacial score (nSPS) is 11.0. The van der Waals surface area contributed by atoms with Gasteiger partial charge in [0.15, 0.2) is 23.1 Å². The van der Waals surface area contributed by atoms with Crippen molar-refractivity contribution in [3.8, 4) is 28.4 Å². The van der Waals surface area contributed by atoms with Crippen molar-refractivity contribution in [1.29, 1.82) is 0 Å². The van der Waals surface area contributed by atoms with Gasteiger partial charge in [-0.05, 0) is 42.3 Å². The molecule has 7 nitrogen and oxygen atoms in total. The zero-order valence-electron chi connectivity index (χ0n) is 22.2. The smallest absolute Gasteiger partial charge is 0.200 e. The maximum Gasteiger partial charge on any atom is 0.200 e. The van der Waals surface area contributed by atoms with E-state index in [2.05, 4.69) is 9.97 Å². The molecular formula is C31H24F3N3O4. The molecule has 5 aromatic rings. The van der Waals surface area contributed by atoms with Crippen molar-refractivity contribution in [1.82, 2.24) is 14.5 Å². The third kappa shape index (κ3) is 5.54. The first-order valence-corrected chi connectivity index (χ1v) is 12.7. The first-order chi connectivity index (χ1) is 19.8. The molecule has 41 heavy (non-hydrogen) atoms. The highest BCUT2D eigenvalue weighted by Gasteiger charge is 2.22. The zero-order valence-corrected chi connectivity index (χ0v) is 22.2. The Bertz CT molecular complexity index is 1820. The number of aryl methyl sites for hydroxylation is 1. The lowest BCUT2D eigenvalue weighted by Crippen LogP contribution is -2.24. The fourth-order valence-electron chi connectivity index (χ4n) is 4.56. The largest absolute Gasteiger partial charge is 0.495 e. The molecule has 5 rings (SSSR count). The van der Waals surface area contributed by atoms with E-state index >= 15 is 4.39 Å². The van der Waals surface area contributed by atoms with Crippen LogP contribution in [-0.2, 0) is 19.6 Å². The van der Waals surface area contributed by atoms with E-state index in [1.165, 1.54) is 54.5 Å². The summed E-state index contributed by atoms with van der Waals surface area (Å²) in [5, 5.41) is 0. The summed E-state index contributed by atoms with van der Waals surface area (Å²) in [6.45, 7) is 1.09. The number of methoxy groups -OCH3 is 1. The van der Waals surface area contributed by atoms with Crippen LogP contribution in [-0.4, -0.2) is 27.4 Å². The molecule has 208 valence electrons. The molecule has 0 bridgehead atoms. The highest BCUT2D eigenvalue weighted by Crippen LogP contribution is 2.31. The molecule has 3 aromatic heterocycles. The van der Waals surface area contributed by atoms with Gasteiger partial charge in [0.25, 0.3) is 0 Å². The fraction of sp³-hybridized carbons (Fsp3) is 0.161. The third-order valence-corrected chi connectivity index (χ3v) is 6.62. The Morgan fingerprint density at radius 2 is 1.78 bits per heavy atom. The Kier molecular flexibility index (Phi) is 7.82. The average Bonchev–Trinajstić information content (AvgIpc) is 2.98. The Morgan fingerprint density at radius 1 is 1.00 bits per heavy atom. The molecule has 0 aliphatic rings. The first kappa shape index (κ1) is 27.6. The number of carbonyl (C=O) groups is 1. The number of carbonyl (C=O) groups excluding carboxylic acids is 1. The third-order valence-electron chi connectivity index (χ3n) is 6.62. The van der Waals surface area contributed by atoms with Gasteiger partial charge in [-0.15, -0.1) is 0 Å². The van der Waals surface area contributed by atoms with Gasteiger partial charge < -0.3 is 14.0 Å². The molecule has 0 saturated heterocycles. The highest BCUT2D eigenvalue weighted by atomic mass is 19.1. The van der Waals surface area contributed by atoms with Crippen molar-refractivity contribution in [3.05, 3.63) is 112 Å². The van der Waals surface area contributed by atoms with Crippen LogP contribution in [0.2, 0.25) is 0 Å². The van der Waals surface area contributed by atoms with E-state index in [9.17, 15) is 18.4 Å². The van der Waals surface area contributed by atoms with Gasteiger partial charge in [-0.3, -0.25) is 14.6 Å². The number of alkyl halides is 1. The first-order valence-electron chi connectivity index (χ1n) is 12.7. The van der Waals surface area contributed by atoms with Gasteiger partial charge in [-0.2, -0.15) is 0 Å². The summed E-state index contributed by atoms with van der Waals surface area (Å²) in [5.74, 6) is -1.11. The number of hydrogen-bond acceptors (Lipinski definition) is 6. The van der Waals surface area contributed by atoms with E-state index in [1.807, 2.05) is 0 Å². The van der Waals surface area contributed by atoms with Gasteiger partial charge in [-0.1, -0.05) is 18.2 Å². The molecule has 3 heterocycles. The van der Waals surface area contributed by atoms with E-state index < -0.39 is 29.5 Å². The van der Waals surface area contributed by atoms with Crippen LogP contribution in [0.15, 0.2) is 78.0 Å². The molecule has 0 aliphatic heterocycles. The van der Waals surface area contributed by atoms with Gasteiger partial charge in [-0.25, -0.2) is 18.2 Å². The predicted octanol–water partition coefficient (Wildman–Crippen LogP) is 6.45. The van der Waals surface area contributed by atoms with E-state index in [1.54, 1.807) is 19.1 Å². The lowest BCUT2D eigenvalue weighted by Gasteiger charge is -2.16. The maximum absolute atomic E-state index is 15.1. The van der Waals surface area contributed by atoms with Crippen LogP contribution in [0, 0.1) is 11.6 Å². The fourth-order valence-corrected chi connectivity index (χ4v) is 4.56. The number of halogens is 3. The van der Waals surface area contributed by atoms with Gasteiger partial charge in [0, 0.05) is 37.5 Å². The van der Waals surface area contributed by atoms with Gasteiger partial charge in [0.2, 0.25) is 5.43 Å². The van der Waals surface area contributed by atoms with Crippen molar-refractivity contribution in [2.24, 2.45) is 0 Å². The standard InChI is InChI=1S/C31H24F3N3O4/c1-3-37-17-22(31(39)29(25(37)15-32)19-5-7-20(33)8-6-19)26(38)13-18-4-9-27(23(34)12-18)41-28-10-11-35-24-14-21(40-2)16-36-30(24)28/h4-12,14,16-17H,3,13,15H2,1-2H3. The Balaban J connectivity index is 1.44. The number of ketones is 1. The summed E-state index contributed by atoms with van der Waals surface area (Å²) in [4.78, 5) is 35.2. The minimum Gasteiger partial charge on any atom is -0.495 e. The SMILES string of the molecule is CCn1cc(C(=O)Cc2ccc(Oc3ccnc4cc(OC)cnc34)c(F)c2)c(=O)c(-c2ccc(F)cc2)c1CF. The molecule has 0 atom stereocenters. The lowest BCUT2D eigenvalue weighted by atomic mass is 9.97. The van der Waals surface area contributed by atoms with Gasteiger partial charge >= 0.3 is 0 Å². The molecule has 0 N–H and O–H groups in total. The number of benzene rings is 2. The predicted molar refractivity (Wildman–Crippen MR) is 147 cm³/mol. The molecule has 0 radical (unpaired) electrons. The van der Waals surface area contributed by atoms with Gasteiger partial charge in [0.05, 0.1) is 35.6 Å². The van der Waals surface area contributed by atoms with Crippen molar-refractivity contribution in [2.75, 3.05) is 7.11 Å². The number of aromatic nitrogens is 3. The minimum absolute atomic E-state index is 0.00839. The molecule has 0 saturated carbocycles. The van der Waals surface area contributed by atoms with Crippen molar-refractivity contribution in [3.63, 3.8) is 0 Å². The summed E-state index contributed by atoms with van der Waals surface area (Å²) in [6.07, 6.45) is 4.03. The second-order valence-electron chi connectivity index (χ2n) is 9.14. The Labute approximate surface area is 232 Å². The number of hydrogen-bond donors (Lipinski definition) is 0. The summed E-state index contributed by atoms with van der Waals surface area (Å²) in [5.41, 5.74) is 0.749. The van der Waals surface area contributed by atoms with E-state index in [4.69, 9.17) is 9.47 Å². The van der Waals surface area contributed by atoms with Crippen LogP contribution in [0.25, 0.3) is 22.2 Å². The minimum atomic E-state index is -0.952. The second-order valence-corrected chi connectivity index (χ2v) is 9.14. The Morgan fingerprint density at radius 3 is 2.46 bits per heavy atom.